The number of hydrogen-bond donors (Lipinski definition) is 2. The maximum atomic E-state index is 13.0. The molecule has 2 N–H and O–H groups in total. The summed E-state index contributed by atoms with van der Waals surface area (Å²) in [5.41, 5.74) is 2.44. The van der Waals surface area contributed by atoms with Gasteiger partial charge in [-0.25, -0.2) is 0 Å². The Balaban J connectivity index is 1.62. The van der Waals surface area contributed by atoms with Crippen LogP contribution in [0.1, 0.15) is 34.3 Å². The summed E-state index contributed by atoms with van der Waals surface area (Å²) < 4.78 is 10.6. The minimum atomic E-state index is -0.461. The van der Waals surface area contributed by atoms with Gasteiger partial charge in [0.1, 0.15) is 17.6 Å². The molecule has 0 saturated carbocycles. The van der Waals surface area contributed by atoms with Crippen molar-refractivity contribution in [3.8, 4) is 5.75 Å². The van der Waals surface area contributed by atoms with Crippen LogP contribution in [-0.4, -0.2) is 50.6 Å². The third kappa shape index (κ3) is 5.36. The Morgan fingerprint density at radius 1 is 1.13 bits per heavy atom. The van der Waals surface area contributed by atoms with Crippen molar-refractivity contribution < 1.29 is 19.1 Å². The third-order valence-corrected chi connectivity index (χ3v) is 5.33. The SMILES string of the molecule is CN/C=C(\OC)c1ccc(CNC(=O)C2CCCN2C(=O)c2cccc(OC)c2)cc1. The standard InChI is InChI=1S/C24H29N3O4/c1-25-16-22(31-3)18-11-9-17(10-12-18)15-26-23(28)21-8-5-13-27(21)24(29)19-6-4-7-20(14-19)30-2/h4,6-7,9-12,14,16,21,25H,5,8,13,15H2,1-3H3,(H,26,28)/b22-16-. The summed E-state index contributed by atoms with van der Waals surface area (Å²) in [6, 6.07) is 14.4. The molecule has 0 aliphatic carbocycles. The molecule has 3 rings (SSSR count). The highest BCUT2D eigenvalue weighted by molar-refractivity contribution is 5.98. The summed E-state index contributed by atoms with van der Waals surface area (Å²) >= 11 is 0. The first-order valence-corrected chi connectivity index (χ1v) is 10.3. The van der Waals surface area contributed by atoms with Gasteiger partial charge in [-0.15, -0.1) is 0 Å². The molecule has 2 aromatic carbocycles. The maximum absolute atomic E-state index is 13.0. The topological polar surface area (TPSA) is 79.9 Å². The Morgan fingerprint density at radius 3 is 2.58 bits per heavy atom. The van der Waals surface area contributed by atoms with Crippen LogP contribution in [0.3, 0.4) is 0 Å². The Bertz CT molecular complexity index is 940. The maximum Gasteiger partial charge on any atom is 0.254 e. The molecule has 1 fully saturated rings. The monoisotopic (exact) mass is 423 g/mol. The van der Waals surface area contributed by atoms with Gasteiger partial charge in [-0.1, -0.05) is 30.3 Å². The summed E-state index contributed by atoms with van der Waals surface area (Å²) in [6.45, 7) is 0.968. The number of amides is 2. The molecular weight excluding hydrogens is 394 g/mol. The van der Waals surface area contributed by atoms with Crippen molar-refractivity contribution in [2.75, 3.05) is 27.8 Å². The molecular formula is C24H29N3O4. The number of likely N-dealkylation sites (tertiary alicyclic amines) is 1. The van der Waals surface area contributed by atoms with Gasteiger partial charge >= 0.3 is 0 Å². The van der Waals surface area contributed by atoms with Crippen molar-refractivity contribution in [1.29, 1.82) is 0 Å². The molecule has 1 aliphatic heterocycles. The van der Waals surface area contributed by atoms with Gasteiger partial charge in [0.05, 0.1) is 14.2 Å². The van der Waals surface area contributed by atoms with E-state index in [1.807, 2.05) is 31.3 Å². The molecule has 1 aliphatic rings. The minimum absolute atomic E-state index is 0.134. The Kier molecular flexibility index (Phi) is 7.54. The molecule has 164 valence electrons. The van der Waals surface area contributed by atoms with Crippen molar-refractivity contribution in [2.24, 2.45) is 0 Å². The Labute approximate surface area is 183 Å². The molecule has 1 saturated heterocycles. The van der Waals surface area contributed by atoms with Crippen LogP contribution >= 0.6 is 0 Å². The van der Waals surface area contributed by atoms with Gasteiger partial charge in [0.15, 0.2) is 0 Å². The molecule has 2 aromatic rings. The van der Waals surface area contributed by atoms with Crippen LogP contribution < -0.4 is 15.4 Å². The van der Waals surface area contributed by atoms with E-state index in [1.165, 1.54) is 0 Å². The van der Waals surface area contributed by atoms with Crippen molar-refractivity contribution in [2.45, 2.75) is 25.4 Å². The van der Waals surface area contributed by atoms with E-state index in [9.17, 15) is 9.59 Å². The van der Waals surface area contributed by atoms with Crippen LogP contribution in [0.5, 0.6) is 5.75 Å². The number of benzene rings is 2. The smallest absolute Gasteiger partial charge is 0.254 e. The second-order valence-electron chi connectivity index (χ2n) is 7.30. The van der Waals surface area contributed by atoms with Crippen LogP contribution in [0.2, 0.25) is 0 Å². The molecule has 31 heavy (non-hydrogen) atoms. The lowest BCUT2D eigenvalue weighted by atomic mass is 10.1. The van der Waals surface area contributed by atoms with E-state index in [-0.39, 0.29) is 11.8 Å². The van der Waals surface area contributed by atoms with Gasteiger partial charge in [-0.05, 0) is 36.6 Å². The molecule has 1 heterocycles. The van der Waals surface area contributed by atoms with Crippen molar-refractivity contribution in [1.82, 2.24) is 15.5 Å². The molecule has 0 spiro atoms. The van der Waals surface area contributed by atoms with Gasteiger partial charge in [-0.3, -0.25) is 9.59 Å². The number of carbonyl (C=O) groups excluding carboxylic acids is 2. The average molecular weight is 424 g/mol. The third-order valence-electron chi connectivity index (χ3n) is 5.33. The fourth-order valence-electron chi connectivity index (χ4n) is 3.69. The van der Waals surface area contributed by atoms with E-state index >= 15 is 0 Å². The Hall–Kier alpha value is -3.48. The number of nitrogens with zero attached hydrogens (tertiary/aromatic N) is 1. The molecule has 0 radical (unpaired) electrons. The van der Waals surface area contributed by atoms with E-state index < -0.39 is 6.04 Å². The first-order valence-electron chi connectivity index (χ1n) is 10.3. The highest BCUT2D eigenvalue weighted by Crippen LogP contribution is 2.22. The quantitative estimate of drug-likeness (QED) is 0.639. The lowest BCUT2D eigenvalue weighted by Gasteiger charge is -2.24. The summed E-state index contributed by atoms with van der Waals surface area (Å²) in [7, 11) is 5.00. The zero-order valence-corrected chi connectivity index (χ0v) is 18.2. The summed E-state index contributed by atoms with van der Waals surface area (Å²) in [6.07, 6.45) is 3.25. The van der Waals surface area contributed by atoms with Crippen LogP contribution in [-0.2, 0) is 16.1 Å². The fourth-order valence-corrected chi connectivity index (χ4v) is 3.69. The number of hydrogen-bond acceptors (Lipinski definition) is 5. The second kappa shape index (κ2) is 10.5. The van der Waals surface area contributed by atoms with Gasteiger partial charge in [0, 0.05) is 37.5 Å². The fraction of sp³-hybridized carbons (Fsp3) is 0.333. The van der Waals surface area contributed by atoms with Crippen LogP contribution in [0.25, 0.3) is 5.76 Å². The van der Waals surface area contributed by atoms with Gasteiger partial charge in [0.25, 0.3) is 5.91 Å². The number of rotatable bonds is 8. The summed E-state index contributed by atoms with van der Waals surface area (Å²) in [4.78, 5) is 27.4. The number of methoxy groups -OCH3 is 2. The largest absolute Gasteiger partial charge is 0.497 e. The predicted octanol–water partition coefficient (Wildman–Crippen LogP) is 2.78. The average Bonchev–Trinajstić information content (AvgIpc) is 3.31. The van der Waals surface area contributed by atoms with Crippen molar-refractivity contribution >= 4 is 17.6 Å². The molecule has 1 unspecified atom stereocenters. The zero-order chi connectivity index (χ0) is 22.2. The van der Waals surface area contributed by atoms with Gasteiger partial charge in [0.2, 0.25) is 5.91 Å². The van der Waals surface area contributed by atoms with Crippen molar-refractivity contribution in [3.05, 3.63) is 71.4 Å². The lowest BCUT2D eigenvalue weighted by Crippen LogP contribution is -2.45. The van der Waals surface area contributed by atoms with Crippen LogP contribution in [0.4, 0.5) is 0 Å². The molecule has 7 heteroatoms. The van der Waals surface area contributed by atoms with Crippen LogP contribution in [0.15, 0.2) is 54.7 Å². The molecule has 7 nitrogen and oxygen atoms in total. The van der Waals surface area contributed by atoms with E-state index in [1.54, 1.807) is 49.6 Å². The molecule has 2 amide bonds. The van der Waals surface area contributed by atoms with Crippen LogP contribution in [0, 0.1) is 0 Å². The zero-order valence-electron chi connectivity index (χ0n) is 18.2. The summed E-state index contributed by atoms with van der Waals surface area (Å²) in [5.74, 6) is 1.07. The minimum Gasteiger partial charge on any atom is -0.497 e. The first kappa shape index (κ1) is 22.2. The normalized spacial score (nSPS) is 16.0. The van der Waals surface area contributed by atoms with Gasteiger partial charge < -0.3 is 25.0 Å². The van der Waals surface area contributed by atoms with Gasteiger partial charge in [-0.2, -0.15) is 0 Å². The van der Waals surface area contributed by atoms with E-state index in [0.717, 1.165) is 23.3 Å². The highest BCUT2D eigenvalue weighted by atomic mass is 16.5. The lowest BCUT2D eigenvalue weighted by molar-refractivity contribution is -0.125. The van der Waals surface area contributed by atoms with E-state index in [4.69, 9.17) is 9.47 Å². The molecule has 0 bridgehead atoms. The predicted molar refractivity (Wildman–Crippen MR) is 119 cm³/mol. The van der Waals surface area contributed by atoms with E-state index in [0.29, 0.717) is 30.8 Å². The van der Waals surface area contributed by atoms with E-state index in [2.05, 4.69) is 10.6 Å². The first-order chi connectivity index (χ1) is 15.1. The van der Waals surface area contributed by atoms with Crippen molar-refractivity contribution in [3.63, 3.8) is 0 Å². The highest BCUT2D eigenvalue weighted by Gasteiger charge is 2.34. The number of ether oxygens (including phenoxy) is 2. The number of carbonyl (C=O) groups is 2. The Morgan fingerprint density at radius 2 is 1.90 bits per heavy atom. The second-order valence-corrected chi connectivity index (χ2v) is 7.30. The molecule has 0 aromatic heterocycles. The summed E-state index contributed by atoms with van der Waals surface area (Å²) in [5, 5.41) is 5.92. The molecule has 1 atom stereocenters. The number of nitrogens with one attached hydrogen (secondary N) is 2.